The van der Waals surface area contributed by atoms with Gasteiger partial charge in [0.1, 0.15) is 11.6 Å². The number of carbonyl (C=O) groups excluding carboxylic acids is 2. The second-order valence-electron chi connectivity index (χ2n) is 5.63. The Hall–Kier alpha value is -3.68. The molecule has 0 fully saturated rings. The van der Waals surface area contributed by atoms with Crippen molar-refractivity contribution < 1.29 is 18.8 Å². The summed E-state index contributed by atoms with van der Waals surface area (Å²) in [5.41, 5.74) is 1.62. The average molecular weight is 366 g/mol. The van der Waals surface area contributed by atoms with Crippen molar-refractivity contribution in [3.8, 4) is 0 Å². The smallest absolute Gasteiger partial charge is 0.338 e. The van der Waals surface area contributed by atoms with Gasteiger partial charge in [-0.05, 0) is 50.2 Å². The molecule has 2 heterocycles. The third-order valence-corrected chi connectivity index (χ3v) is 3.56. The highest BCUT2D eigenvalue weighted by Gasteiger charge is 2.10. The molecule has 0 aliphatic heterocycles. The van der Waals surface area contributed by atoms with Crippen LogP contribution in [0.2, 0.25) is 0 Å². The summed E-state index contributed by atoms with van der Waals surface area (Å²) in [6, 6.07) is 11.8. The third-order valence-electron chi connectivity index (χ3n) is 3.56. The van der Waals surface area contributed by atoms with E-state index in [1.165, 1.54) is 6.20 Å². The summed E-state index contributed by atoms with van der Waals surface area (Å²) in [5.74, 6) is 0.826. The molecule has 0 spiro atoms. The summed E-state index contributed by atoms with van der Waals surface area (Å²) in [4.78, 5) is 28.0. The molecular weight excluding hydrogens is 348 g/mol. The lowest BCUT2D eigenvalue weighted by atomic mass is 10.2. The largest absolute Gasteiger partial charge is 0.462 e. The molecule has 0 aliphatic carbocycles. The van der Waals surface area contributed by atoms with Crippen LogP contribution in [0.1, 0.15) is 33.4 Å². The fourth-order valence-electron chi connectivity index (χ4n) is 2.27. The monoisotopic (exact) mass is 366 g/mol. The van der Waals surface area contributed by atoms with E-state index in [-0.39, 0.29) is 11.9 Å². The van der Waals surface area contributed by atoms with Crippen LogP contribution >= 0.6 is 0 Å². The van der Waals surface area contributed by atoms with Gasteiger partial charge in [0.15, 0.2) is 5.82 Å². The van der Waals surface area contributed by atoms with E-state index in [1.807, 2.05) is 0 Å². The second kappa shape index (κ2) is 8.13. The molecule has 3 aromatic rings. The average Bonchev–Trinajstić information content (AvgIpc) is 3.08. The number of aryl methyl sites for hydroxylation is 1. The molecule has 1 amide bonds. The highest BCUT2D eigenvalue weighted by Crippen LogP contribution is 2.17. The molecule has 8 heteroatoms. The van der Waals surface area contributed by atoms with Crippen LogP contribution in [0.5, 0.6) is 0 Å². The molecule has 0 bridgehead atoms. The van der Waals surface area contributed by atoms with Crippen LogP contribution in [-0.2, 0) is 4.74 Å². The number of carbonyl (C=O) groups is 2. The molecule has 3 rings (SSSR count). The first-order chi connectivity index (χ1) is 13.0. The number of rotatable bonds is 6. The molecule has 0 radical (unpaired) electrons. The number of ether oxygens (including phenoxy) is 1. The molecule has 8 nitrogen and oxygen atoms in total. The van der Waals surface area contributed by atoms with Crippen molar-refractivity contribution in [2.45, 2.75) is 13.8 Å². The first-order valence-corrected chi connectivity index (χ1v) is 8.30. The van der Waals surface area contributed by atoms with Gasteiger partial charge in [-0.3, -0.25) is 4.79 Å². The topological polar surface area (TPSA) is 106 Å². The van der Waals surface area contributed by atoms with Crippen LogP contribution in [-0.4, -0.2) is 28.6 Å². The number of nitrogens with zero attached hydrogens (tertiary/aromatic N) is 2. The van der Waals surface area contributed by atoms with E-state index >= 15 is 0 Å². The maximum Gasteiger partial charge on any atom is 0.338 e. The van der Waals surface area contributed by atoms with Gasteiger partial charge in [-0.25, -0.2) is 9.78 Å². The predicted molar refractivity (Wildman–Crippen MR) is 99.1 cm³/mol. The van der Waals surface area contributed by atoms with E-state index in [0.29, 0.717) is 35.1 Å². The van der Waals surface area contributed by atoms with Crippen molar-refractivity contribution >= 4 is 29.2 Å². The first-order valence-electron chi connectivity index (χ1n) is 8.30. The Morgan fingerprint density at radius 2 is 1.81 bits per heavy atom. The Balaban J connectivity index is 1.61. The lowest BCUT2D eigenvalue weighted by Crippen LogP contribution is -2.12. The highest BCUT2D eigenvalue weighted by molar-refractivity contribution is 6.03. The van der Waals surface area contributed by atoms with Crippen molar-refractivity contribution in [2.24, 2.45) is 0 Å². The minimum Gasteiger partial charge on any atom is -0.462 e. The predicted octanol–water partition coefficient (Wildman–Crippen LogP) is 3.55. The maximum atomic E-state index is 12.2. The lowest BCUT2D eigenvalue weighted by Gasteiger charge is -2.07. The van der Waals surface area contributed by atoms with Gasteiger partial charge in [0, 0.05) is 18.0 Å². The summed E-state index contributed by atoms with van der Waals surface area (Å²) in [5, 5.41) is 9.44. The van der Waals surface area contributed by atoms with Crippen molar-refractivity contribution in [1.29, 1.82) is 0 Å². The van der Waals surface area contributed by atoms with Gasteiger partial charge in [-0.2, -0.15) is 0 Å². The van der Waals surface area contributed by atoms with Crippen molar-refractivity contribution in [3.05, 3.63) is 65.5 Å². The van der Waals surface area contributed by atoms with Crippen molar-refractivity contribution in [1.82, 2.24) is 10.1 Å². The molecule has 0 atom stereocenters. The van der Waals surface area contributed by atoms with Crippen LogP contribution in [0.4, 0.5) is 17.3 Å². The Kier molecular flexibility index (Phi) is 5.46. The quantitative estimate of drug-likeness (QED) is 0.643. The number of benzene rings is 1. The molecule has 0 saturated carbocycles. The molecular formula is C19H18N4O4. The van der Waals surface area contributed by atoms with Crippen LogP contribution in [0.15, 0.2) is 53.2 Å². The lowest BCUT2D eigenvalue weighted by molar-refractivity contribution is 0.0526. The Morgan fingerprint density at radius 3 is 2.41 bits per heavy atom. The number of aromatic nitrogens is 2. The Labute approximate surface area is 155 Å². The number of anilines is 3. The van der Waals surface area contributed by atoms with Gasteiger partial charge in [0.05, 0.1) is 17.7 Å². The molecule has 138 valence electrons. The van der Waals surface area contributed by atoms with E-state index in [4.69, 9.17) is 9.26 Å². The van der Waals surface area contributed by atoms with Crippen LogP contribution in [0.25, 0.3) is 0 Å². The SMILES string of the molecule is CCOC(=O)c1ccc(Nc2ccc(C(=O)Nc3cc(C)on3)cn2)cc1. The highest BCUT2D eigenvalue weighted by atomic mass is 16.5. The number of hydrogen-bond acceptors (Lipinski definition) is 7. The van der Waals surface area contributed by atoms with Gasteiger partial charge >= 0.3 is 5.97 Å². The van der Waals surface area contributed by atoms with Crippen LogP contribution in [0, 0.1) is 6.92 Å². The van der Waals surface area contributed by atoms with E-state index in [9.17, 15) is 9.59 Å². The van der Waals surface area contributed by atoms with E-state index < -0.39 is 0 Å². The minimum absolute atomic E-state index is 0.332. The number of pyridine rings is 1. The molecule has 2 N–H and O–H groups in total. The van der Waals surface area contributed by atoms with E-state index in [2.05, 4.69) is 20.8 Å². The zero-order valence-corrected chi connectivity index (χ0v) is 14.9. The number of hydrogen-bond donors (Lipinski definition) is 2. The molecule has 0 unspecified atom stereocenters. The molecule has 0 aliphatic rings. The van der Waals surface area contributed by atoms with Gasteiger partial charge in [0.25, 0.3) is 5.91 Å². The molecule has 27 heavy (non-hydrogen) atoms. The molecule has 1 aromatic carbocycles. The Bertz CT molecular complexity index is 933. The summed E-state index contributed by atoms with van der Waals surface area (Å²) < 4.78 is 9.85. The summed E-state index contributed by atoms with van der Waals surface area (Å²) in [6.45, 7) is 3.83. The fraction of sp³-hybridized carbons (Fsp3) is 0.158. The summed E-state index contributed by atoms with van der Waals surface area (Å²) in [7, 11) is 0. The van der Waals surface area contributed by atoms with Gasteiger partial charge < -0.3 is 19.9 Å². The van der Waals surface area contributed by atoms with E-state index in [1.54, 1.807) is 56.3 Å². The van der Waals surface area contributed by atoms with Crippen molar-refractivity contribution in [3.63, 3.8) is 0 Å². The first kappa shape index (κ1) is 18.1. The van der Waals surface area contributed by atoms with Crippen molar-refractivity contribution in [2.75, 3.05) is 17.2 Å². The number of nitrogens with one attached hydrogen (secondary N) is 2. The molecule has 0 saturated heterocycles. The maximum absolute atomic E-state index is 12.2. The Morgan fingerprint density at radius 1 is 1.07 bits per heavy atom. The molecule has 2 aromatic heterocycles. The van der Waals surface area contributed by atoms with E-state index in [0.717, 1.165) is 5.69 Å². The normalized spacial score (nSPS) is 10.3. The van der Waals surface area contributed by atoms with Crippen LogP contribution < -0.4 is 10.6 Å². The zero-order valence-electron chi connectivity index (χ0n) is 14.9. The standard InChI is InChI=1S/C19H18N4O4/c1-3-26-19(25)13-4-7-15(8-5-13)21-16-9-6-14(11-20-16)18(24)22-17-10-12(2)27-23-17/h4-11H,3H2,1-2H3,(H,20,21)(H,22,23,24). The zero-order chi connectivity index (χ0) is 19.2. The summed E-state index contributed by atoms with van der Waals surface area (Å²) >= 11 is 0. The number of esters is 1. The second-order valence-corrected chi connectivity index (χ2v) is 5.63. The van der Waals surface area contributed by atoms with Crippen LogP contribution in [0.3, 0.4) is 0 Å². The minimum atomic E-state index is -0.361. The van der Waals surface area contributed by atoms with Gasteiger partial charge in [0.2, 0.25) is 0 Å². The van der Waals surface area contributed by atoms with Gasteiger partial charge in [-0.15, -0.1) is 0 Å². The number of amides is 1. The summed E-state index contributed by atoms with van der Waals surface area (Å²) in [6.07, 6.45) is 1.46. The fourth-order valence-corrected chi connectivity index (χ4v) is 2.27. The third kappa shape index (κ3) is 4.69. The van der Waals surface area contributed by atoms with Gasteiger partial charge in [-0.1, -0.05) is 5.16 Å².